The van der Waals surface area contributed by atoms with E-state index in [1.54, 1.807) is 26.8 Å². The summed E-state index contributed by atoms with van der Waals surface area (Å²) in [6.07, 6.45) is 0. The summed E-state index contributed by atoms with van der Waals surface area (Å²) in [6.45, 7) is 4.72. The standard InChI is InChI=1S/C13H13N5O3/c1-7-4-12(21-17-7)15-11(19)6-18-13(20)10(5-14)8(2)9(3)16-18/h4H,6H2,1-3H3,(H,15,19). The van der Waals surface area contributed by atoms with Crippen LogP contribution in [0.25, 0.3) is 0 Å². The molecule has 0 saturated carbocycles. The van der Waals surface area contributed by atoms with Crippen molar-refractivity contribution in [2.75, 3.05) is 5.32 Å². The highest BCUT2D eigenvalue weighted by atomic mass is 16.5. The van der Waals surface area contributed by atoms with Crippen molar-refractivity contribution in [3.8, 4) is 6.07 Å². The Bertz CT molecular complexity index is 797. The number of nitrogens with zero attached hydrogens (tertiary/aromatic N) is 4. The summed E-state index contributed by atoms with van der Waals surface area (Å²) >= 11 is 0. The minimum atomic E-state index is -0.593. The van der Waals surface area contributed by atoms with Crippen molar-refractivity contribution in [3.63, 3.8) is 0 Å². The summed E-state index contributed by atoms with van der Waals surface area (Å²) in [5.41, 5.74) is 1.06. The number of carbonyl (C=O) groups excluding carboxylic acids is 1. The Morgan fingerprint density at radius 2 is 2.19 bits per heavy atom. The smallest absolute Gasteiger partial charge is 0.285 e. The lowest BCUT2D eigenvalue weighted by Gasteiger charge is -2.08. The fourth-order valence-electron chi connectivity index (χ4n) is 1.75. The van der Waals surface area contributed by atoms with Gasteiger partial charge in [0.05, 0.1) is 11.4 Å². The monoisotopic (exact) mass is 287 g/mol. The molecule has 0 radical (unpaired) electrons. The number of nitrogens with one attached hydrogen (secondary N) is 1. The number of nitriles is 1. The van der Waals surface area contributed by atoms with Crippen molar-refractivity contribution in [1.82, 2.24) is 14.9 Å². The molecule has 0 unspecified atom stereocenters. The Hall–Kier alpha value is -2.95. The maximum Gasteiger partial charge on any atom is 0.285 e. The molecular formula is C13H13N5O3. The fraction of sp³-hybridized carbons (Fsp3) is 0.308. The van der Waals surface area contributed by atoms with Gasteiger partial charge >= 0.3 is 0 Å². The summed E-state index contributed by atoms with van der Waals surface area (Å²) in [4.78, 5) is 23.9. The van der Waals surface area contributed by atoms with Gasteiger partial charge in [-0.1, -0.05) is 5.16 Å². The van der Waals surface area contributed by atoms with E-state index in [-0.39, 0.29) is 18.0 Å². The van der Waals surface area contributed by atoms with Gasteiger partial charge in [-0.25, -0.2) is 4.68 Å². The minimum absolute atomic E-state index is 0.00851. The average Bonchev–Trinajstić information content (AvgIpc) is 2.82. The molecule has 0 spiro atoms. The highest BCUT2D eigenvalue weighted by molar-refractivity contribution is 5.89. The van der Waals surface area contributed by atoms with Gasteiger partial charge in [-0.05, 0) is 26.3 Å². The van der Waals surface area contributed by atoms with E-state index in [0.717, 1.165) is 4.68 Å². The molecule has 0 aliphatic heterocycles. The number of carbonyl (C=O) groups is 1. The van der Waals surface area contributed by atoms with Crippen molar-refractivity contribution < 1.29 is 9.32 Å². The third-order valence-corrected chi connectivity index (χ3v) is 2.93. The number of hydrogen-bond acceptors (Lipinski definition) is 6. The number of hydrogen-bond donors (Lipinski definition) is 1. The molecule has 0 aromatic carbocycles. The second-order valence-corrected chi connectivity index (χ2v) is 4.54. The molecule has 21 heavy (non-hydrogen) atoms. The van der Waals surface area contributed by atoms with Gasteiger partial charge in [0.25, 0.3) is 5.56 Å². The molecule has 0 atom stereocenters. The van der Waals surface area contributed by atoms with E-state index < -0.39 is 11.5 Å². The molecule has 2 rings (SSSR count). The van der Waals surface area contributed by atoms with Crippen molar-refractivity contribution in [3.05, 3.63) is 38.9 Å². The van der Waals surface area contributed by atoms with Crippen molar-refractivity contribution >= 4 is 11.8 Å². The van der Waals surface area contributed by atoms with Gasteiger partial charge in [-0.3, -0.25) is 14.9 Å². The molecule has 108 valence electrons. The molecule has 8 nitrogen and oxygen atoms in total. The van der Waals surface area contributed by atoms with Crippen LogP contribution in [0.5, 0.6) is 0 Å². The van der Waals surface area contributed by atoms with E-state index in [1.165, 1.54) is 0 Å². The number of aryl methyl sites for hydroxylation is 2. The molecule has 0 aliphatic rings. The molecule has 2 aromatic heterocycles. The van der Waals surface area contributed by atoms with Gasteiger partial charge in [0, 0.05) is 6.07 Å². The van der Waals surface area contributed by atoms with Crippen LogP contribution < -0.4 is 10.9 Å². The lowest BCUT2D eigenvalue weighted by molar-refractivity contribution is -0.117. The molecule has 8 heteroatoms. The van der Waals surface area contributed by atoms with Crippen LogP contribution in [0, 0.1) is 32.1 Å². The Balaban J connectivity index is 2.24. The van der Waals surface area contributed by atoms with Crippen LogP contribution in [-0.2, 0) is 11.3 Å². The predicted octanol–water partition coefficient (Wildman–Crippen LogP) is 0.667. The van der Waals surface area contributed by atoms with Crippen LogP contribution >= 0.6 is 0 Å². The lowest BCUT2D eigenvalue weighted by Crippen LogP contribution is -2.32. The Morgan fingerprint density at radius 1 is 1.48 bits per heavy atom. The second-order valence-electron chi connectivity index (χ2n) is 4.54. The number of amides is 1. The zero-order valence-electron chi connectivity index (χ0n) is 11.8. The Kier molecular flexibility index (Phi) is 3.84. The van der Waals surface area contributed by atoms with Crippen LogP contribution in [0.1, 0.15) is 22.5 Å². The first-order valence-electron chi connectivity index (χ1n) is 6.14. The van der Waals surface area contributed by atoms with Crippen LogP contribution in [0.4, 0.5) is 5.88 Å². The molecule has 0 fully saturated rings. The zero-order valence-corrected chi connectivity index (χ0v) is 11.8. The van der Waals surface area contributed by atoms with Gasteiger partial charge in [0.15, 0.2) is 0 Å². The summed E-state index contributed by atoms with van der Waals surface area (Å²) < 4.78 is 5.81. The second kappa shape index (κ2) is 5.58. The third-order valence-electron chi connectivity index (χ3n) is 2.93. The predicted molar refractivity (Wildman–Crippen MR) is 72.6 cm³/mol. The van der Waals surface area contributed by atoms with E-state index in [1.807, 2.05) is 6.07 Å². The Labute approximate surface area is 120 Å². The molecule has 0 saturated heterocycles. The number of rotatable bonds is 3. The minimum Gasteiger partial charge on any atom is -0.338 e. The highest BCUT2D eigenvalue weighted by Crippen LogP contribution is 2.08. The summed E-state index contributed by atoms with van der Waals surface area (Å²) in [5, 5.41) is 19.1. The summed E-state index contributed by atoms with van der Waals surface area (Å²) in [6, 6.07) is 3.39. The lowest BCUT2D eigenvalue weighted by atomic mass is 10.1. The van der Waals surface area contributed by atoms with Crippen molar-refractivity contribution in [2.45, 2.75) is 27.3 Å². The molecular weight excluding hydrogens is 274 g/mol. The first-order valence-corrected chi connectivity index (χ1v) is 6.14. The maximum atomic E-state index is 12.0. The van der Waals surface area contributed by atoms with E-state index in [4.69, 9.17) is 9.78 Å². The summed E-state index contributed by atoms with van der Waals surface area (Å²) in [5.74, 6) is -0.303. The van der Waals surface area contributed by atoms with Crippen molar-refractivity contribution in [1.29, 1.82) is 5.26 Å². The van der Waals surface area contributed by atoms with Crippen LogP contribution in [-0.4, -0.2) is 20.8 Å². The fourth-order valence-corrected chi connectivity index (χ4v) is 1.75. The quantitative estimate of drug-likeness (QED) is 0.887. The molecule has 0 aliphatic carbocycles. The first-order chi connectivity index (χ1) is 9.92. The van der Waals surface area contributed by atoms with Crippen LogP contribution in [0.15, 0.2) is 15.4 Å². The number of aromatic nitrogens is 3. The Morgan fingerprint density at radius 3 is 2.76 bits per heavy atom. The van der Waals surface area contributed by atoms with Crippen molar-refractivity contribution in [2.24, 2.45) is 0 Å². The van der Waals surface area contributed by atoms with Crippen LogP contribution in [0.3, 0.4) is 0 Å². The van der Waals surface area contributed by atoms with Crippen LogP contribution in [0.2, 0.25) is 0 Å². The molecule has 2 aromatic rings. The maximum absolute atomic E-state index is 12.0. The number of anilines is 1. The molecule has 0 bridgehead atoms. The van der Waals surface area contributed by atoms with Gasteiger partial charge in [-0.2, -0.15) is 10.4 Å². The van der Waals surface area contributed by atoms with E-state index in [2.05, 4.69) is 15.6 Å². The normalized spacial score (nSPS) is 10.2. The zero-order chi connectivity index (χ0) is 15.6. The average molecular weight is 287 g/mol. The largest absolute Gasteiger partial charge is 0.338 e. The molecule has 2 heterocycles. The van der Waals surface area contributed by atoms with Gasteiger partial charge < -0.3 is 4.52 Å². The topological polar surface area (TPSA) is 114 Å². The third kappa shape index (κ3) is 2.97. The molecule has 1 N–H and O–H groups in total. The van der Waals surface area contributed by atoms with Gasteiger partial charge in [0.1, 0.15) is 18.2 Å². The van der Waals surface area contributed by atoms with Gasteiger partial charge in [0.2, 0.25) is 11.8 Å². The summed E-state index contributed by atoms with van der Waals surface area (Å²) in [7, 11) is 0. The van der Waals surface area contributed by atoms with Gasteiger partial charge in [-0.15, -0.1) is 0 Å². The van der Waals surface area contributed by atoms with E-state index in [0.29, 0.717) is 17.0 Å². The van der Waals surface area contributed by atoms with E-state index >= 15 is 0 Å². The van der Waals surface area contributed by atoms with E-state index in [9.17, 15) is 9.59 Å². The first kappa shape index (κ1) is 14.5. The highest BCUT2D eigenvalue weighted by Gasteiger charge is 2.14. The molecule has 1 amide bonds. The SMILES string of the molecule is Cc1cc(NC(=O)Cn2nc(C)c(C)c(C#N)c2=O)on1.